The number of likely N-dealkylation sites (tertiary alicyclic amines) is 1. The maximum absolute atomic E-state index is 12.9. The molecule has 188 valence electrons. The number of hydrogen-bond acceptors (Lipinski definition) is 4. The van der Waals surface area contributed by atoms with Crippen molar-refractivity contribution in [1.29, 1.82) is 0 Å². The number of alkyl halides is 3. The van der Waals surface area contributed by atoms with Gasteiger partial charge in [0.15, 0.2) is 0 Å². The van der Waals surface area contributed by atoms with Crippen molar-refractivity contribution in [3.63, 3.8) is 0 Å². The summed E-state index contributed by atoms with van der Waals surface area (Å²) >= 11 is 0. The Morgan fingerprint density at radius 3 is 2.11 bits per heavy atom. The largest absolute Gasteiger partial charge is 0.391 e. The molecule has 35 heavy (non-hydrogen) atoms. The minimum Gasteiger partial charge on any atom is -0.372 e. The quantitative estimate of drug-likeness (QED) is 0.619. The summed E-state index contributed by atoms with van der Waals surface area (Å²) in [6.45, 7) is 1.82. The molecular formula is C26H31F3N4O2. The molecule has 2 aromatic carbocycles. The molecule has 1 unspecified atom stereocenters. The number of nitrogens with one attached hydrogen (secondary N) is 2. The van der Waals surface area contributed by atoms with E-state index in [1.807, 2.05) is 53.4 Å². The van der Waals surface area contributed by atoms with Crippen LogP contribution < -0.4 is 15.5 Å². The first-order valence-corrected chi connectivity index (χ1v) is 12.0. The summed E-state index contributed by atoms with van der Waals surface area (Å²) in [5, 5.41) is 6.24. The van der Waals surface area contributed by atoms with Crippen molar-refractivity contribution >= 4 is 28.9 Å². The Morgan fingerprint density at radius 2 is 1.54 bits per heavy atom. The summed E-state index contributed by atoms with van der Waals surface area (Å²) in [4.78, 5) is 27.9. The average Bonchev–Trinajstić information content (AvgIpc) is 2.85. The van der Waals surface area contributed by atoms with Crippen LogP contribution in [-0.2, 0) is 16.1 Å². The number of rotatable bonds is 6. The molecule has 2 aliphatic heterocycles. The molecule has 4 rings (SSSR count). The second-order valence-electron chi connectivity index (χ2n) is 9.39. The van der Waals surface area contributed by atoms with Gasteiger partial charge in [-0.15, -0.1) is 0 Å². The molecule has 2 fully saturated rings. The van der Waals surface area contributed by atoms with E-state index < -0.39 is 12.1 Å². The maximum Gasteiger partial charge on any atom is 0.391 e. The van der Waals surface area contributed by atoms with Crippen LogP contribution in [0.5, 0.6) is 0 Å². The van der Waals surface area contributed by atoms with Gasteiger partial charge in [-0.05, 0) is 61.2 Å². The number of piperidine rings is 2. The number of nitrogens with zero attached hydrogens (tertiary/aromatic N) is 2. The van der Waals surface area contributed by atoms with Crippen LogP contribution >= 0.6 is 0 Å². The Bertz CT molecular complexity index is 1020. The predicted molar refractivity (Wildman–Crippen MR) is 129 cm³/mol. The zero-order chi connectivity index (χ0) is 25.0. The molecule has 2 heterocycles. The van der Waals surface area contributed by atoms with Crippen molar-refractivity contribution in [3.8, 4) is 0 Å². The summed E-state index contributed by atoms with van der Waals surface area (Å²) in [7, 11) is 1.75. The number of carbonyl (C=O) groups is 2. The fraction of sp³-hybridized carbons (Fsp3) is 0.462. The van der Waals surface area contributed by atoms with Crippen LogP contribution in [0.25, 0.3) is 0 Å². The molecule has 6 nitrogen and oxygen atoms in total. The van der Waals surface area contributed by atoms with Crippen LogP contribution in [0.3, 0.4) is 0 Å². The van der Waals surface area contributed by atoms with E-state index in [1.54, 1.807) is 11.9 Å². The SMILES string of the molecule is CN1CCC(C(=O)NCc2ccc(Nc3ccc(N4CCC(C(F)(F)F)CC4)cc3)cc2)CC1=O. The van der Waals surface area contributed by atoms with Crippen LogP contribution in [0.2, 0.25) is 0 Å². The fourth-order valence-corrected chi connectivity index (χ4v) is 4.59. The molecular weight excluding hydrogens is 457 g/mol. The van der Waals surface area contributed by atoms with E-state index in [0.717, 1.165) is 22.6 Å². The monoisotopic (exact) mass is 488 g/mol. The lowest BCUT2D eigenvalue weighted by atomic mass is 9.95. The Morgan fingerprint density at radius 1 is 0.943 bits per heavy atom. The zero-order valence-electron chi connectivity index (χ0n) is 19.8. The standard InChI is InChI=1S/C26H31F3N4O2/c1-32-13-10-19(16-24(32)34)25(35)30-17-18-2-4-21(5-3-18)31-22-6-8-23(9-7-22)33-14-11-20(12-15-33)26(27,28)29/h2-9,19-20,31H,10-17H2,1H3,(H,30,35). The van der Waals surface area contributed by atoms with Crippen molar-refractivity contribution in [1.82, 2.24) is 10.2 Å². The van der Waals surface area contributed by atoms with Gasteiger partial charge >= 0.3 is 6.18 Å². The topological polar surface area (TPSA) is 64.7 Å². The summed E-state index contributed by atoms with van der Waals surface area (Å²) in [5.74, 6) is -1.55. The average molecular weight is 489 g/mol. The number of hydrogen-bond donors (Lipinski definition) is 2. The van der Waals surface area contributed by atoms with Crippen molar-refractivity contribution < 1.29 is 22.8 Å². The first-order valence-electron chi connectivity index (χ1n) is 12.0. The molecule has 2 aliphatic rings. The molecule has 0 spiro atoms. The van der Waals surface area contributed by atoms with Crippen LogP contribution in [0.15, 0.2) is 48.5 Å². The molecule has 9 heteroatoms. The fourth-order valence-electron chi connectivity index (χ4n) is 4.59. The minimum atomic E-state index is -4.10. The van der Waals surface area contributed by atoms with Gasteiger partial charge < -0.3 is 20.4 Å². The second kappa shape index (κ2) is 10.6. The number of amides is 2. The third-order valence-electron chi connectivity index (χ3n) is 6.93. The smallest absolute Gasteiger partial charge is 0.372 e. The van der Waals surface area contributed by atoms with Crippen LogP contribution in [0.1, 0.15) is 31.2 Å². The van der Waals surface area contributed by atoms with E-state index >= 15 is 0 Å². The van der Waals surface area contributed by atoms with Crippen molar-refractivity contribution in [2.45, 2.75) is 38.4 Å². The van der Waals surface area contributed by atoms with Gasteiger partial charge in [-0.3, -0.25) is 9.59 Å². The molecule has 0 radical (unpaired) electrons. The van der Waals surface area contributed by atoms with Gasteiger partial charge in [-0.25, -0.2) is 0 Å². The van der Waals surface area contributed by atoms with Gasteiger partial charge in [0.1, 0.15) is 0 Å². The molecule has 1 atom stereocenters. The summed E-state index contributed by atoms with van der Waals surface area (Å²) < 4.78 is 38.6. The van der Waals surface area contributed by atoms with Gasteiger partial charge in [0.2, 0.25) is 11.8 Å². The Hall–Kier alpha value is -3.23. The maximum atomic E-state index is 12.9. The highest BCUT2D eigenvalue weighted by Gasteiger charge is 2.41. The molecule has 0 aromatic heterocycles. The number of carbonyl (C=O) groups excluding carboxylic acids is 2. The Labute approximate surface area is 203 Å². The molecule has 0 aliphatic carbocycles. The number of halogens is 3. The van der Waals surface area contributed by atoms with Gasteiger partial charge in [0.05, 0.1) is 5.92 Å². The first kappa shape index (κ1) is 24.9. The van der Waals surface area contributed by atoms with Gasteiger partial charge in [-0.1, -0.05) is 12.1 Å². The third-order valence-corrected chi connectivity index (χ3v) is 6.93. The van der Waals surface area contributed by atoms with E-state index in [9.17, 15) is 22.8 Å². The van der Waals surface area contributed by atoms with Crippen LogP contribution in [-0.4, -0.2) is 49.6 Å². The van der Waals surface area contributed by atoms with Crippen LogP contribution in [0, 0.1) is 11.8 Å². The lowest BCUT2D eigenvalue weighted by molar-refractivity contribution is -0.179. The third kappa shape index (κ3) is 6.46. The van der Waals surface area contributed by atoms with E-state index in [0.29, 0.717) is 32.6 Å². The van der Waals surface area contributed by atoms with E-state index in [1.165, 1.54) is 0 Å². The number of anilines is 3. The highest BCUT2D eigenvalue weighted by atomic mass is 19.4. The van der Waals surface area contributed by atoms with E-state index in [4.69, 9.17) is 0 Å². The van der Waals surface area contributed by atoms with E-state index in [2.05, 4.69) is 10.6 Å². The first-order chi connectivity index (χ1) is 16.7. The van der Waals surface area contributed by atoms with Crippen molar-refractivity contribution in [2.75, 3.05) is 36.9 Å². The molecule has 2 N–H and O–H groups in total. The van der Waals surface area contributed by atoms with Crippen molar-refractivity contribution in [2.24, 2.45) is 11.8 Å². The predicted octanol–water partition coefficient (Wildman–Crippen LogP) is 4.69. The molecule has 0 bridgehead atoms. The summed E-state index contributed by atoms with van der Waals surface area (Å²) in [6.07, 6.45) is -2.90. The van der Waals surface area contributed by atoms with Gasteiger partial charge in [0, 0.05) is 62.6 Å². The Balaban J connectivity index is 1.24. The molecule has 2 saturated heterocycles. The second-order valence-corrected chi connectivity index (χ2v) is 9.39. The molecule has 0 saturated carbocycles. The molecule has 2 aromatic rings. The lowest BCUT2D eigenvalue weighted by Gasteiger charge is -2.34. The van der Waals surface area contributed by atoms with Gasteiger partial charge in [-0.2, -0.15) is 13.2 Å². The normalized spacial score (nSPS) is 19.5. The Kier molecular flexibility index (Phi) is 7.52. The zero-order valence-corrected chi connectivity index (χ0v) is 19.8. The highest BCUT2D eigenvalue weighted by Crippen LogP contribution is 2.35. The summed E-state index contributed by atoms with van der Waals surface area (Å²) in [6, 6.07) is 15.4. The lowest BCUT2D eigenvalue weighted by Crippen LogP contribution is -2.41. The van der Waals surface area contributed by atoms with Crippen molar-refractivity contribution in [3.05, 3.63) is 54.1 Å². The number of benzene rings is 2. The highest BCUT2D eigenvalue weighted by molar-refractivity contribution is 5.86. The van der Waals surface area contributed by atoms with Gasteiger partial charge in [0.25, 0.3) is 0 Å². The summed E-state index contributed by atoms with van der Waals surface area (Å²) in [5.41, 5.74) is 3.65. The minimum absolute atomic E-state index is 0.00545. The van der Waals surface area contributed by atoms with E-state index in [-0.39, 0.29) is 37.0 Å². The van der Waals surface area contributed by atoms with Crippen LogP contribution in [0.4, 0.5) is 30.2 Å². The molecule has 2 amide bonds.